The summed E-state index contributed by atoms with van der Waals surface area (Å²) in [5, 5.41) is 0. The molecule has 1 unspecified atom stereocenters. The summed E-state index contributed by atoms with van der Waals surface area (Å²) in [4.78, 5) is 0. The molecular formula is C10H17Cl2FN2. The molecule has 1 aromatic carbocycles. The van der Waals surface area contributed by atoms with Crippen molar-refractivity contribution in [2.24, 2.45) is 11.5 Å². The van der Waals surface area contributed by atoms with Crippen LogP contribution in [-0.2, 0) is 6.42 Å². The van der Waals surface area contributed by atoms with E-state index in [9.17, 15) is 4.39 Å². The fourth-order valence-corrected chi connectivity index (χ4v) is 1.26. The van der Waals surface area contributed by atoms with Crippen LogP contribution in [0.4, 0.5) is 4.39 Å². The van der Waals surface area contributed by atoms with Gasteiger partial charge in [0, 0.05) is 11.6 Å². The summed E-state index contributed by atoms with van der Waals surface area (Å²) in [5.74, 6) is -0.235. The molecule has 0 bridgehead atoms. The third-order valence-corrected chi connectivity index (χ3v) is 1.99. The first-order valence-electron chi connectivity index (χ1n) is 4.39. The van der Waals surface area contributed by atoms with Crippen LogP contribution in [0.5, 0.6) is 0 Å². The number of nitrogens with two attached hydrogens (primary N) is 2. The molecule has 0 fully saturated rings. The van der Waals surface area contributed by atoms with Gasteiger partial charge in [0.2, 0.25) is 0 Å². The third-order valence-electron chi connectivity index (χ3n) is 1.99. The van der Waals surface area contributed by atoms with Crippen molar-refractivity contribution in [2.75, 3.05) is 6.54 Å². The highest BCUT2D eigenvalue weighted by atomic mass is 35.5. The van der Waals surface area contributed by atoms with E-state index in [0.29, 0.717) is 18.5 Å². The highest BCUT2D eigenvalue weighted by molar-refractivity contribution is 5.85. The van der Waals surface area contributed by atoms with E-state index in [1.807, 2.05) is 6.07 Å². The van der Waals surface area contributed by atoms with Crippen molar-refractivity contribution in [3.8, 4) is 0 Å². The highest BCUT2D eigenvalue weighted by Crippen LogP contribution is 2.16. The molecule has 0 saturated heterocycles. The molecule has 0 saturated carbocycles. The lowest BCUT2D eigenvalue weighted by atomic mass is 10.0. The van der Waals surface area contributed by atoms with Gasteiger partial charge in [0.25, 0.3) is 0 Å². The molecule has 88 valence electrons. The minimum Gasteiger partial charge on any atom is -0.330 e. The number of hydrogen-bond donors (Lipinski definition) is 2. The maximum absolute atomic E-state index is 13.3. The Morgan fingerprint density at radius 2 is 1.93 bits per heavy atom. The van der Waals surface area contributed by atoms with Crippen molar-refractivity contribution >= 4 is 24.8 Å². The van der Waals surface area contributed by atoms with Crippen LogP contribution in [0.2, 0.25) is 0 Å². The molecule has 1 aromatic rings. The van der Waals surface area contributed by atoms with Crippen LogP contribution in [0.1, 0.15) is 24.1 Å². The quantitative estimate of drug-likeness (QED) is 0.869. The molecule has 0 spiro atoms. The molecule has 1 rings (SSSR count). The molecular weight excluding hydrogens is 238 g/mol. The molecule has 4 N–H and O–H groups in total. The Morgan fingerprint density at radius 3 is 2.33 bits per heavy atom. The van der Waals surface area contributed by atoms with E-state index in [4.69, 9.17) is 11.5 Å². The molecule has 1 atom stereocenters. The van der Waals surface area contributed by atoms with Gasteiger partial charge >= 0.3 is 0 Å². The van der Waals surface area contributed by atoms with Gasteiger partial charge in [-0.2, -0.15) is 0 Å². The van der Waals surface area contributed by atoms with Crippen LogP contribution in [0.15, 0.2) is 18.2 Å². The smallest absolute Gasteiger partial charge is 0.128 e. The van der Waals surface area contributed by atoms with E-state index >= 15 is 0 Å². The molecule has 15 heavy (non-hydrogen) atoms. The highest BCUT2D eigenvalue weighted by Gasteiger charge is 2.06. The Morgan fingerprint density at radius 1 is 1.33 bits per heavy atom. The Bertz CT molecular complexity index is 293. The van der Waals surface area contributed by atoms with Crippen molar-refractivity contribution < 1.29 is 4.39 Å². The topological polar surface area (TPSA) is 52.0 Å². The molecule has 0 aliphatic heterocycles. The monoisotopic (exact) mass is 254 g/mol. The lowest BCUT2D eigenvalue weighted by Gasteiger charge is -2.08. The van der Waals surface area contributed by atoms with Crippen molar-refractivity contribution in [1.29, 1.82) is 0 Å². The molecule has 0 radical (unpaired) electrons. The van der Waals surface area contributed by atoms with E-state index in [0.717, 1.165) is 5.56 Å². The van der Waals surface area contributed by atoms with Gasteiger partial charge in [-0.3, -0.25) is 0 Å². The van der Waals surface area contributed by atoms with E-state index in [1.54, 1.807) is 13.0 Å². The van der Waals surface area contributed by atoms with Crippen LogP contribution in [0, 0.1) is 5.82 Å². The molecule has 2 nitrogen and oxygen atoms in total. The summed E-state index contributed by atoms with van der Waals surface area (Å²) in [5.41, 5.74) is 12.4. The van der Waals surface area contributed by atoms with Crippen LogP contribution in [0.25, 0.3) is 0 Å². The van der Waals surface area contributed by atoms with Crippen molar-refractivity contribution in [1.82, 2.24) is 0 Å². The Labute approximate surface area is 102 Å². The Kier molecular flexibility index (Phi) is 8.96. The first kappa shape index (κ1) is 17.1. The van der Waals surface area contributed by atoms with Crippen molar-refractivity contribution in [3.63, 3.8) is 0 Å². The number of halogens is 3. The molecule has 0 aliphatic rings. The largest absolute Gasteiger partial charge is 0.330 e. The standard InChI is InChI=1S/C10H15FN2.2ClH/c1-7(13)9-3-2-8(4-5-12)6-10(9)11;;/h2-3,6-7H,4-5,12-13H2,1H3;2*1H. The first-order valence-corrected chi connectivity index (χ1v) is 4.39. The lowest BCUT2D eigenvalue weighted by molar-refractivity contribution is 0.591. The fraction of sp³-hybridized carbons (Fsp3) is 0.400. The zero-order chi connectivity index (χ0) is 9.84. The van der Waals surface area contributed by atoms with E-state index in [1.165, 1.54) is 6.07 Å². The normalized spacial score (nSPS) is 11.2. The molecule has 5 heteroatoms. The van der Waals surface area contributed by atoms with E-state index in [2.05, 4.69) is 0 Å². The summed E-state index contributed by atoms with van der Waals surface area (Å²) in [6.07, 6.45) is 0.705. The third kappa shape index (κ3) is 4.80. The minimum atomic E-state index is -0.257. The fourth-order valence-electron chi connectivity index (χ4n) is 1.26. The molecule has 0 aromatic heterocycles. The Balaban J connectivity index is 0. The predicted octanol–water partition coefficient (Wildman–Crippen LogP) is 2.19. The molecule has 0 heterocycles. The van der Waals surface area contributed by atoms with Crippen molar-refractivity contribution in [3.05, 3.63) is 35.1 Å². The van der Waals surface area contributed by atoms with Gasteiger partial charge in [0.1, 0.15) is 5.82 Å². The van der Waals surface area contributed by atoms with Gasteiger partial charge < -0.3 is 11.5 Å². The SMILES string of the molecule is CC(N)c1ccc(CCN)cc1F.Cl.Cl. The van der Waals surface area contributed by atoms with Gasteiger partial charge in [-0.05, 0) is 31.5 Å². The number of hydrogen-bond acceptors (Lipinski definition) is 2. The minimum absolute atomic E-state index is 0. The second kappa shape index (κ2) is 7.88. The van der Waals surface area contributed by atoms with Crippen LogP contribution >= 0.6 is 24.8 Å². The van der Waals surface area contributed by atoms with Crippen LogP contribution in [0.3, 0.4) is 0 Å². The molecule has 0 amide bonds. The van der Waals surface area contributed by atoms with E-state index < -0.39 is 0 Å². The van der Waals surface area contributed by atoms with Crippen LogP contribution < -0.4 is 11.5 Å². The predicted molar refractivity (Wildman–Crippen MR) is 66.3 cm³/mol. The summed E-state index contributed by atoms with van der Waals surface area (Å²) < 4.78 is 13.3. The summed E-state index contributed by atoms with van der Waals surface area (Å²) in [7, 11) is 0. The number of rotatable bonds is 3. The van der Waals surface area contributed by atoms with Gasteiger partial charge in [-0.25, -0.2) is 4.39 Å². The summed E-state index contributed by atoms with van der Waals surface area (Å²) >= 11 is 0. The first-order chi connectivity index (χ1) is 6.15. The molecule has 0 aliphatic carbocycles. The zero-order valence-corrected chi connectivity index (χ0v) is 10.2. The number of benzene rings is 1. The van der Waals surface area contributed by atoms with Gasteiger partial charge in [0.15, 0.2) is 0 Å². The summed E-state index contributed by atoms with van der Waals surface area (Å²) in [6, 6.07) is 4.84. The zero-order valence-electron chi connectivity index (χ0n) is 8.57. The Hall–Kier alpha value is -0.350. The second-order valence-corrected chi connectivity index (χ2v) is 3.18. The maximum Gasteiger partial charge on any atom is 0.128 e. The van der Waals surface area contributed by atoms with Gasteiger partial charge in [-0.15, -0.1) is 24.8 Å². The summed E-state index contributed by atoms with van der Waals surface area (Å²) in [6.45, 7) is 2.30. The lowest BCUT2D eigenvalue weighted by Crippen LogP contribution is -2.08. The maximum atomic E-state index is 13.3. The average Bonchev–Trinajstić information content (AvgIpc) is 2.04. The van der Waals surface area contributed by atoms with Crippen LogP contribution in [-0.4, -0.2) is 6.54 Å². The van der Waals surface area contributed by atoms with Gasteiger partial charge in [0.05, 0.1) is 0 Å². The van der Waals surface area contributed by atoms with E-state index in [-0.39, 0.29) is 36.7 Å². The average molecular weight is 255 g/mol. The second-order valence-electron chi connectivity index (χ2n) is 3.18. The van der Waals surface area contributed by atoms with Crippen molar-refractivity contribution in [2.45, 2.75) is 19.4 Å². The van der Waals surface area contributed by atoms with Gasteiger partial charge in [-0.1, -0.05) is 12.1 Å².